The van der Waals surface area contributed by atoms with E-state index in [4.69, 9.17) is 14.6 Å². The molecule has 0 fully saturated rings. The highest BCUT2D eigenvalue weighted by atomic mass is 32.2. The number of rotatable bonds is 10. The van der Waals surface area contributed by atoms with Crippen LogP contribution in [0.3, 0.4) is 0 Å². The number of methoxy groups -OCH3 is 1. The van der Waals surface area contributed by atoms with Crippen LogP contribution in [-0.2, 0) is 19.1 Å². The summed E-state index contributed by atoms with van der Waals surface area (Å²) in [6.45, 7) is 0.598. The molecule has 0 aliphatic rings. The van der Waals surface area contributed by atoms with Crippen LogP contribution in [0.25, 0.3) is 0 Å². The van der Waals surface area contributed by atoms with Gasteiger partial charge in [0, 0.05) is 12.0 Å². The van der Waals surface area contributed by atoms with Crippen LogP contribution in [0.2, 0.25) is 0 Å². The maximum Gasteiger partial charge on any atom is 0.305 e. The summed E-state index contributed by atoms with van der Waals surface area (Å²) in [5, 5.41) is 11.7. The summed E-state index contributed by atoms with van der Waals surface area (Å²) in [7, 11) is 1.55. The Hall–Kier alpha value is -1.57. The summed E-state index contributed by atoms with van der Waals surface area (Å²) in [5.41, 5.74) is 0.755. The van der Waals surface area contributed by atoms with Gasteiger partial charge in [-0.3, -0.25) is 9.59 Å². The van der Waals surface area contributed by atoms with E-state index in [0.717, 1.165) is 10.5 Å². The third-order valence-corrected chi connectivity index (χ3v) is 3.64. The second-order valence-electron chi connectivity index (χ2n) is 4.54. The largest absolute Gasteiger partial charge is 0.481 e. The van der Waals surface area contributed by atoms with Gasteiger partial charge in [-0.05, 0) is 24.0 Å². The van der Waals surface area contributed by atoms with Crippen LogP contribution in [0, 0.1) is 0 Å². The van der Waals surface area contributed by atoms with E-state index in [1.54, 1.807) is 18.9 Å². The molecule has 6 nitrogen and oxygen atoms in total. The maximum atomic E-state index is 11.8. The zero-order chi connectivity index (χ0) is 16.4. The fourth-order valence-electron chi connectivity index (χ4n) is 1.81. The van der Waals surface area contributed by atoms with E-state index in [0.29, 0.717) is 13.2 Å². The van der Waals surface area contributed by atoms with E-state index in [9.17, 15) is 9.59 Å². The highest BCUT2D eigenvalue weighted by Gasteiger charge is 2.18. The number of carbonyl (C=O) groups is 2. The minimum absolute atomic E-state index is 0.123. The number of nitrogens with one attached hydrogen (secondary N) is 1. The standard InChI is InChI=1S/C15H21NO5S/c1-20-7-8-21-10-14(17)16-13(9-15(18)19)11-3-5-12(22-2)6-4-11/h3-6,13H,7-10H2,1-2H3,(H,16,17)(H,18,19). The van der Waals surface area contributed by atoms with Gasteiger partial charge in [0.25, 0.3) is 0 Å². The fourth-order valence-corrected chi connectivity index (χ4v) is 2.21. The lowest BCUT2D eigenvalue weighted by molar-refractivity contribution is -0.138. The lowest BCUT2D eigenvalue weighted by atomic mass is 10.0. The van der Waals surface area contributed by atoms with Gasteiger partial charge in [-0.15, -0.1) is 11.8 Å². The molecule has 1 rings (SSSR count). The molecule has 0 spiro atoms. The molecule has 7 heteroatoms. The smallest absolute Gasteiger partial charge is 0.305 e. The van der Waals surface area contributed by atoms with Gasteiger partial charge in [-0.2, -0.15) is 0 Å². The summed E-state index contributed by atoms with van der Waals surface area (Å²) in [4.78, 5) is 23.9. The van der Waals surface area contributed by atoms with Gasteiger partial charge >= 0.3 is 5.97 Å². The van der Waals surface area contributed by atoms with E-state index in [-0.39, 0.29) is 18.9 Å². The monoisotopic (exact) mass is 327 g/mol. The highest BCUT2D eigenvalue weighted by molar-refractivity contribution is 7.98. The number of hydrogen-bond donors (Lipinski definition) is 2. The van der Waals surface area contributed by atoms with Crippen LogP contribution in [-0.4, -0.2) is 50.2 Å². The lowest BCUT2D eigenvalue weighted by Gasteiger charge is -2.18. The number of benzene rings is 1. The number of carboxylic acids is 1. The molecule has 1 aromatic carbocycles. The Labute approximate surface area is 134 Å². The van der Waals surface area contributed by atoms with Crippen molar-refractivity contribution in [3.05, 3.63) is 29.8 Å². The molecule has 1 aromatic rings. The van der Waals surface area contributed by atoms with E-state index in [1.807, 2.05) is 30.5 Å². The molecule has 0 saturated carbocycles. The van der Waals surface area contributed by atoms with Crippen LogP contribution in [0.4, 0.5) is 0 Å². The van der Waals surface area contributed by atoms with Crippen molar-refractivity contribution in [2.75, 3.05) is 33.2 Å². The minimum atomic E-state index is -0.973. The van der Waals surface area contributed by atoms with Crippen molar-refractivity contribution < 1.29 is 24.2 Å². The third kappa shape index (κ3) is 6.93. The van der Waals surface area contributed by atoms with Gasteiger partial charge in [-0.1, -0.05) is 12.1 Å². The molecule has 0 bridgehead atoms. The topological polar surface area (TPSA) is 84.9 Å². The molecule has 0 heterocycles. The number of carboxylic acid groups (broad SMARTS) is 1. The van der Waals surface area contributed by atoms with Crippen molar-refractivity contribution in [1.29, 1.82) is 0 Å². The number of ether oxygens (including phenoxy) is 2. The van der Waals surface area contributed by atoms with Gasteiger partial charge in [0.2, 0.25) is 5.91 Å². The first-order chi connectivity index (χ1) is 10.6. The summed E-state index contributed by atoms with van der Waals surface area (Å²) < 4.78 is 9.94. The van der Waals surface area contributed by atoms with Gasteiger partial charge in [0.15, 0.2) is 0 Å². The molecule has 22 heavy (non-hydrogen) atoms. The second-order valence-corrected chi connectivity index (χ2v) is 5.42. The predicted molar refractivity (Wildman–Crippen MR) is 84.1 cm³/mol. The SMILES string of the molecule is COCCOCC(=O)NC(CC(=O)O)c1ccc(SC)cc1. The molecule has 1 amide bonds. The normalized spacial score (nSPS) is 11.9. The Kier molecular flexibility index (Phi) is 8.57. The Morgan fingerprint density at radius 2 is 1.95 bits per heavy atom. The fraction of sp³-hybridized carbons (Fsp3) is 0.467. The maximum absolute atomic E-state index is 11.8. The van der Waals surface area contributed by atoms with Crippen LogP contribution in [0.1, 0.15) is 18.0 Å². The Morgan fingerprint density at radius 1 is 1.27 bits per heavy atom. The van der Waals surface area contributed by atoms with Crippen molar-refractivity contribution in [3.63, 3.8) is 0 Å². The van der Waals surface area contributed by atoms with E-state index in [2.05, 4.69) is 5.32 Å². The quantitative estimate of drug-likeness (QED) is 0.503. The molecule has 1 atom stereocenters. The zero-order valence-electron chi connectivity index (χ0n) is 12.7. The molecule has 2 N–H and O–H groups in total. The van der Waals surface area contributed by atoms with Gasteiger partial charge in [0.1, 0.15) is 6.61 Å². The number of aliphatic carboxylic acids is 1. The van der Waals surface area contributed by atoms with Crippen molar-refractivity contribution in [2.45, 2.75) is 17.4 Å². The van der Waals surface area contributed by atoms with Crippen LogP contribution in [0.5, 0.6) is 0 Å². The molecule has 0 aliphatic carbocycles. The number of hydrogen-bond acceptors (Lipinski definition) is 5. The van der Waals surface area contributed by atoms with Gasteiger partial charge < -0.3 is 19.9 Å². The summed E-state index contributed by atoms with van der Waals surface area (Å²) in [6.07, 6.45) is 1.78. The molecular formula is C15H21NO5S. The molecule has 122 valence electrons. The third-order valence-electron chi connectivity index (χ3n) is 2.90. The van der Waals surface area contributed by atoms with E-state index in [1.165, 1.54) is 0 Å². The van der Waals surface area contributed by atoms with Crippen LogP contribution >= 0.6 is 11.8 Å². The van der Waals surface area contributed by atoms with Crippen LogP contribution < -0.4 is 5.32 Å². The Morgan fingerprint density at radius 3 is 2.50 bits per heavy atom. The zero-order valence-corrected chi connectivity index (χ0v) is 13.5. The number of thioether (sulfide) groups is 1. The van der Waals surface area contributed by atoms with Gasteiger partial charge in [-0.25, -0.2) is 0 Å². The first-order valence-corrected chi connectivity index (χ1v) is 8.01. The summed E-state index contributed by atoms with van der Waals surface area (Å²) in [5.74, 6) is -1.32. The first-order valence-electron chi connectivity index (χ1n) is 6.78. The van der Waals surface area contributed by atoms with Crippen molar-refractivity contribution in [2.24, 2.45) is 0 Å². The summed E-state index contributed by atoms with van der Waals surface area (Å²) >= 11 is 1.60. The molecule has 0 radical (unpaired) electrons. The van der Waals surface area contributed by atoms with Crippen LogP contribution in [0.15, 0.2) is 29.2 Å². The van der Waals surface area contributed by atoms with Crippen molar-refractivity contribution in [3.8, 4) is 0 Å². The molecule has 0 saturated heterocycles. The van der Waals surface area contributed by atoms with Crippen molar-refractivity contribution in [1.82, 2.24) is 5.32 Å². The number of amides is 1. The van der Waals surface area contributed by atoms with E-state index >= 15 is 0 Å². The van der Waals surface area contributed by atoms with Gasteiger partial charge in [0.05, 0.1) is 25.7 Å². The highest BCUT2D eigenvalue weighted by Crippen LogP contribution is 2.21. The summed E-state index contributed by atoms with van der Waals surface area (Å²) in [6, 6.07) is 6.87. The second kappa shape index (κ2) is 10.2. The molecule has 0 aromatic heterocycles. The Bertz CT molecular complexity index is 477. The lowest BCUT2D eigenvalue weighted by Crippen LogP contribution is -2.33. The van der Waals surface area contributed by atoms with E-state index < -0.39 is 12.0 Å². The van der Waals surface area contributed by atoms with Crippen molar-refractivity contribution >= 4 is 23.6 Å². The first kappa shape index (κ1) is 18.5. The molecule has 0 aliphatic heterocycles. The average molecular weight is 327 g/mol. The molecular weight excluding hydrogens is 306 g/mol. The average Bonchev–Trinajstić information content (AvgIpc) is 2.50. The molecule has 1 unspecified atom stereocenters. The predicted octanol–water partition coefficient (Wildman–Crippen LogP) is 1.70. The Balaban J connectivity index is 2.63. The number of carbonyl (C=O) groups excluding carboxylic acids is 1. The minimum Gasteiger partial charge on any atom is -0.481 e.